The zero-order valence-electron chi connectivity index (χ0n) is 9.36. The number of carbonyl (C=O) groups is 2. The Kier molecular flexibility index (Phi) is 3.94. The van der Waals surface area contributed by atoms with E-state index in [1.54, 1.807) is 0 Å². The summed E-state index contributed by atoms with van der Waals surface area (Å²) in [6, 6.07) is -0.139. The molecule has 0 aliphatic carbocycles. The Labute approximate surface area is 99.9 Å². The summed E-state index contributed by atoms with van der Waals surface area (Å²) in [7, 11) is 0. The molecule has 0 aromatic carbocycles. The van der Waals surface area contributed by atoms with Gasteiger partial charge in [-0.15, -0.1) is 0 Å². The minimum Gasteiger partial charge on any atom is -0.368 e. The molecule has 0 spiro atoms. The van der Waals surface area contributed by atoms with Crippen LogP contribution in [0.15, 0.2) is 12.3 Å². The summed E-state index contributed by atoms with van der Waals surface area (Å²) >= 11 is 0. The number of nitrogens with zero attached hydrogens (tertiary/aromatic N) is 2. The maximum atomic E-state index is 12.2. The quantitative estimate of drug-likeness (QED) is 0.795. The number of halogens is 3. The van der Waals surface area contributed by atoms with Crippen LogP contribution in [0, 0.1) is 0 Å². The first kappa shape index (κ1) is 14.0. The lowest BCUT2D eigenvalue weighted by Gasteiger charge is -2.09. The smallest absolute Gasteiger partial charge is 0.368 e. The standard InChI is InChI=1S/C9H11F3N4O2/c1-5(8(13)18)14-7(17)4-16-3-2-6(15-16)9(10,11)12/h2-3,5H,4H2,1H3,(H2,13,18)(H,14,17). The van der Waals surface area contributed by atoms with Crippen LogP contribution in [-0.4, -0.2) is 27.6 Å². The van der Waals surface area contributed by atoms with Gasteiger partial charge in [0.05, 0.1) is 0 Å². The van der Waals surface area contributed by atoms with Crippen LogP contribution in [-0.2, 0) is 22.3 Å². The van der Waals surface area contributed by atoms with E-state index in [0.717, 1.165) is 16.9 Å². The number of primary amides is 1. The lowest BCUT2D eigenvalue weighted by Crippen LogP contribution is -2.43. The lowest BCUT2D eigenvalue weighted by atomic mass is 10.3. The highest BCUT2D eigenvalue weighted by Gasteiger charge is 2.33. The fraction of sp³-hybridized carbons (Fsp3) is 0.444. The second-order valence-electron chi connectivity index (χ2n) is 3.59. The van der Waals surface area contributed by atoms with Crippen LogP contribution in [0.1, 0.15) is 12.6 Å². The van der Waals surface area contributed by atoms with Gasteiger partial charge in [0, 0.05) is 6.20 Å². The van der Waals surface area contributed by atoms with Crippen LogP contribution >= 0.6 is 0 Å². The molecule has 1 unspecified atom stereocenters. The first-order valence-corrected chi connectivity index (χ1v) is 4.89. The highest BCUT2D eigenvalue weighted by atomic mass is 19.4. The van der Waals surface area contributed by atoms with E-state index in [9.17, 15) is 22.8 Å². The summed E-state index contributed by atoms with van der Waals surface area (Å²) in [5, 5.41) is 5.41. The van der Waals surface area contributed by atoms with E-state index in [1.165, 1.54) is 6.92 Å². The number of rotatable bonds is 4. The number of nitrogens with one attached hydrogen (secondary N) is 1. The van der Waals surface area contributed by atoms with Gasteiger partial charge in [0.25, 0.3) is 0 Å². The van der Waals surface area contributed by atoms with E-state index in [2.05, 4.69) is 10.4 Å². The summed E-state index contributed by atoms with van der Waals surface area (Å²) in [6.45, 7) is 0.943. The van der Waals surface area contributed by atoms with Crippen LogP contribution in [0.2, 0.25) is 0 Å². The van der Waals surface area contributed by atoms with Gasteiger partial charge in [-0.1, -0.05) is 0 Å². The fourth-order valence-electron chi connectivity index (χ4n) is 1.11. The molecule has 18 heavy (non-hydrogen) atoms. The van der Waals surface area contributed by atoms with Crippen LogP contribution in [0.4, 0.5) is 13.2 Å². The molecule has 0 radical (unpaired) electrons. The molecule has 0 aliphatic rings. The monoisotopic (exact) mass is 264 g/mol. The minimum absolute atomic E-state index is 0.423. The molecule has 0 bridgehead atoms. The average Bonchev–Trinajstić information content (AvgIpc) is 2.64. The van der Waals surface area contributed by atoms with E-state index in [0.29, 0.717) is 0 Å². The molecular weight excluding hydrogens is 253 g/mol. The summed E-state index contributed by atoms with van der Waals surface area (Å²) in [5.41, 5.74) is 3.83. The highest BCUT2D eigenvalue weighted by molar-refractivity contribution is 5.86. The predicted octanol–water partition coefficient (Wildman–Crippen LogP) is -0.108. The summed E-state index contributed by atoms with van der Waals surface area (Å²) in [4.78, 5) is 22.0. The van der Waals surface area contributed by atoms with E-state index in [1.807, 2.05) is 0 Å². The number of carbonyl (C=O) groups excluding carboxylic acids is 2. The fourth-order valence-corrected chi connectivity index (χ4v) is 1.11. The summed E-state index contributed by atoms with van der Waals surface area (Å²) in [5.74, 6) is -1.39. The van der Waals surface area contributed by atoms with Crippen molar-refractivity contribution in [2.45, 2.75) is 25.7 Å². The third-order valence-corrected chi connectivity index (χ3v) is 2.04. The zero-order chi connectivity index (χ0) is 13.9. The van der Waals surface area contributed by atoms with E-state index in [4.69, 9.17) is 5.73 Å². The van der Waals surface area contributed by atoms with E-state index in [-0.39, 0.29) is 0 Å². The number of alkyl halides is 3. The molecule has 1 heterocycles. The van der Waals surface area contributed by atoms with E-state index < -0.39 is 36.3 Å². The Balaban J connectivity index is 2.60. The van der Waals surface area contributed by atoms with Gasteiger partial charge in [-0.05, 0) is 13.0 Å². The largest absolute Gasteiger partial charge is 0.435 e. The van der Waals surface area contributed by atoms with Gasteiger partial charge in [0.15, 0.2) is 5.69 Å². The van der Waals surface area contributed by atoms with Crippen LogP contribution in [0.25, 0.3) is 0 Å². The first-order chi connectivity index (χ1) is 8.20. The molecule has 0 saturated carbocycles. The Hall–Kier alpha value is -2.06. The van der Waals surface area contributed by atoms with Crippen molar-refractivity contribution in [1.82, 2.24) is 15.1 Å². The molecule has 0 aliphatic heterocycles. The Bertz CT molecular complexity index is 455. The topological polar surface area (TPSA) is 90.0 Å². The number of aromatic nitrogens is 2. The Morgan fingerprint density at radius 1 is 1.56 bits per heavy atom. The van der Waals surface area contributed by atoms with Gasteiger partial charge >= 0.3 is 6.18 Å². The maximum absolute atomic E-state index is 12.2. The van der Waals surface area contributed by atoms with Crippen LogP contribution in [0.5, 0.6) is 0 Å². The van der Waals surface area contributed by atoms with Crippen LogP contribution < -0.4 is 11.1 Å². The molecule has 9 heteroatoms. The third kappa shape index (κ3) is 3.75. The molecule has 2 amide bonds. The van der Waals surface area contributed by atoms with Crippen molar-refractivity contribution in [3.8, 4) is 0 Å². The van der Waals surface area contributed by atoms with Crippen LogP contribution in [0.3, 0.4) is 0 Å². The SMILES string of the molecule is CC(NC(=O)Cn1ccc(C(F)(F)F)n1)C(N)=O. The van der Waals surface area contributed by atoms with Crippen molar-refractivity contribution in [1.29, 1.82) is 0 Å². The van der Waals surface area contributed by atoms with Crippen molar-refractivity contribution < 1.29 is 22.8 Å². The van der Waals surface area contributed by atoms with Gasteiger partial charge < -0.3 is 11.1 Å². The molecule has 0 saturated heterocycles. The normalized spacial score (nSPS) is 13.1. The first-order valence-electron chi connectivity index (χ1n) is 4.89. The molecule has 1 aromatic heterocycles. The van der Waals surface area contributed by atoms with Gasteiger partial charge in [-0.2, -0.15) is 18.3 Å². The van der Waals surface area contributed by atoms with Gasteiger partial charge in [0.1, 0.15) is 12.6 Å². The Morgan fingerprint density at radius 2 is 2.17 bits per heavy atom. The van der Waals surface area contributed by atoms with Crippen molar-refractivity contribution in [3.63, 3.8) is 0 Å². The summed E-state index contributed by atoms with van der Waals surface area (Å²) < 4.78 is 37.5. The highest BCUT2D eigenvalue weighted by Crippen LogP contribution is 2.27. The van der Waals surface area contributed by atoms with Crippen molar-refractivity contribution in [2.75, 3.05) is 0 Å². The minimum atomic E-state index is -4.55. The molecule has 100 valence electrons. The lowest BCUT2D eigenvalue weighted by molar-refractivity contribution is -0.141. The molecule has 6 nitrogen and oxygen atoms in total. The molecule has 1 atom stereocenters. The average molecular weight is 264 g/mol. The second kappa shape index (κ2) is 5.07. The third-order valence-electron chi connectivity index (χ3n) is 2.04. The van der Waals surface area contributed by atoms with E-state index >= 15 is 0 Å². The number of nitrogens with two attached hydrogens (primary N) is 1. The van der Waals surface area contributed by atoms with Gasteiger partial charge in [0.2, 0.25) is 11.8 Å². The number of hydrogen-bond donors (Lipinski definition) is 2. The predicted molar refractivity (Wildman–Crippen MR) is 54.0 cm³/mol. The molecule has 0 fully saturated rings. The Morgan fingerprint density at radius 3 is 2.61 bits per heavy atom. The molecule has 3 N–H and O–H groups in total. The van der Waals surface area contributed by atoms with Crippen molar-refractivity contribution in [3.05, 3.63) is 18.0 Å². The zero-order valence-corrected chi connectivity index (χ0v) is 9.36. The van der Waals surface area contributed by atoms with Gasteiger partial charge in [-0.3, -0.25) is 14.3 Å². The summed E-state index contributed by atoms with van der Waals surface area (Å²) in [6.07, 6.45) is -3.53. The maximum Gasteiger partial charge on any atom is 0.435 e. The van der Waals surface area contributed by atoms with Crippen molar-refractivity contribution >= 4 is 11.8 Å². The second-order valence-corrected chi connectivity index (χ2v) is 3.59. The molecular formula is C9H11F3N4O2. The number of hydrogen-bond acceptors (Lipinski definition) is 3. The van der Waals surface area contributed by atoms with Gasteiger partial charge in [-0.25, -0.2) is 0 Å². The van der Waals surface area contributed by atoms with Crippen molar-refractivity contribution in [2.24, 2.45) is 5.73 Å². The number of amides is 2. The molecule has 1 rings (SSSR count). The molecule has 1 aromatic rings.